The maximum atomic E-state index is 6.43. The van der Waals surface area contributed by atoms with Gasteiger partial charge in [0.2, 0.25) is 5.88 Å². The van der Waals surface area contributed by atoms with Crippen molar-refractivity contribution in [2.24, 2.45) is 0 Å². The van der Waals surface area contributed by atoms with Crippen molar-refractivity contribution < 1.29 is 25.8 Å². The van der Waals surface area contributed by atoms with Crippen LogP contribution in [0.4, 0.5) is 0 Å². The standard InChI is InChI=1S/C43H47N3O.Pt/c1-25(2)30-11-12-40-38(20-30)39-23-36(29(9)10)37(24-41(39)46(40)42-21-31(26(3)4)13-15-44-42)34-17-33(28(7)8)18-35(19-34)47-43-22-32(27(5)6)14-16-45-43;/h11-18,20-23,25-29H,1-10H3;/q-2;+2. The summed E-state index contributed by atoms with van der Waals surface area (Å²) in [5.74, 6) is 3.93. The fourth-order valence-corrected chi connectivity index (χ4v) is 6.25. The summed E-state index contributed by atoms with van der Waals surface area (Å²) >= 11 is 0. The van der Waals surface area contributed by atoms with E-state index in [9.17, 15) is 0 Å². The molecule has 0 unspecified atom stereocenters. The number of hydrogen-bond donors (Lipinski definition) is 0. The molecule has 3 aromatic heterocycles. The molecule has 250 valence electrons. The fourth-order valence-electron chi connectivity index (χ4n) is 6.25. The van der Waals surface area contributed by atoms with Crippen molar-refractivity contribution in [2.45, 2.75) is 98.8 Å². The molecule has 0 N–H and O–H groups in total. The Balaban J connectivity index is 0.00000451. The number of benzene rings is 3. The molecule has 3 heterocycles. The maximum absolute atomic E-state index is 6.43. The second kappa shape index (κ2) is 14.4. The molecule has 6 aromatic rings. The van der Waals surface area contributed by atoms with E-state index < -0.39 is 0 Å². The van der Waals surface area contributed by atoms with Crippen LogP contribution in [-0.2, 0) is 21.1 Å². The van der Waals surface area contributed by atoms with Gasteiger partial charge in [0, 0.05) is 29.7 Å². The molecule has 0 aliphatic rings. The van der Waals surface area contributed by atoms with E-state index in [0.29, 0.717) is 35.3 Å². The van der Waals surface area contributed by atoms with Gasteiger partial charge in [0.25, 0.3) is 0 Å². The Morgan fingerprint density at radius 3 is 1.85 bits per heavy atom. The molecule has 48 heavy (non-hydrogen) atoms. The van der Waals surface area contributed by atoms with Crippen LogP contribution in [-0.4, -0.2) is 14.5 Å². The van der Waals surface area contributed by atoms with Gasteiger partial charge in [-0.15, -0.1) is 17.7 Å². The molecule has 0 amide bonds. The van der Waals surface area contributed by atoms with E-state index in [4.69, 9.17) is 9.72 Å². The van der Waals surface area contributed by atoms with Crippen LogP contribution in [0.15, 0.2) is 73.1 Å². The van der Waals surface area contributed by atoms with Crippen molar-refractivity contribution in [3.63, 3.8) is 0 Å². The van der Waals surface area contributed by atoms with Crippen LogP contribution < -0.4 is 4.74 Å². The minimum atomic E-state index is 0. The van der Waals surface area contributed by atoms with Crippen LogP contribution in [0, 0.1) is 12.1 Å². The molecule has 0 atom stereocenters. The average molecular weight is 817 g/mol. The number of aromatic nitrogens is 3. The molecule has 0 saturated heterocycles. The van der Waals surface area contributed by atoms with Gasteiger partial charge >= 0.3 is 21.1 Å². The summed E-state index contributed by atoms with van der Waals surface area (Å²) in [4.78, 5) is 9.44. The minimum Gasteiger partial charge on any atom is -0.460 e. The summed E-state index contributed by atoms with van der Waals surface area (Å²) in [5, 5.41) is 2.42. The zero-order valence-electron chi connectivity index (χ0n) is 29.9. The maximum Gasteiger partial charge on any atom is 2.00 e. The van der Waals surface area contributed by atoms with E-state index in [1.165, 1.54) is 38.6 Å². The van der Waals surface area contributed by atoms with Crippen molar-refractivity contribution in [3.05, 3.63) is 113 Å². The van der Waals surface area contributed by atoms with Gasteiger partial charge < -0.3 is 9.30 Å². The van der Waals surface area contributed by atoms with E-state index >= 15 is 0 Å². The number of rotatable bonds is 9. The molecule has 0 radical (unpaired) electrons. The zero-order valence-corrected chi connectivity index (χ0v) is 32.2. The van der Waals surface area contributed by atoms with Crippen LogP contribution in [0.5, 0.6) is 11.6 Å². The van der Waals surface area contributed by atoms with Gasteiger partial charge in [-0.3, -0.25) is 0 Å². The Kier molecular flexibility index (Phi) is 10.7. The van der Waals surface area contributed by atoms with Crippen molar-refractivity contribution in [3.8, 4) is 28.6 Å². The summed E-state index contributed by atoms with van der Waals surface area (Å²) in [5.41, 5.74) is 10.4. The van der Waals surface area contributed by atoms with Crippen LogP contribution in [0.2, 0.25) is 0 Å². The first kappa shape index (κ1) is 35.6. The van der Waals surface area contributed by atoms with Crippen LogP contribution in [0.25, 0.3) is 38.8 Å². The topological polar surface area (TPSA) is 39.9 Å². The Morgan fingerprint density at radius 1 is 0.583 bits per heavy atom. The van der Waals surface area contributed by atoms with Crippen LogP contribution in [0.3, 0.4) is 0 Å². The van der Waals surface area contributed by atoms with Crippen molar-refractivity contribution >= 4 is 21.8 Å². The predicted octanol–water partition coefficient (Wildman–Crippen LogP) is 12.2. The molecule has 0 aliphatic carbocycles. The summed E-state index contributed by atoms with van der Waals surface area (Å²) in [6.45, 7) is 22.3. The van der Waals surface area contributed by atoms with Gasteiger partial charge in [-0.1, -0.05) is 98.7 Å². The third kappa shape index (κ3) is 7.01. The quantitative estimate of drug-likeness (QED) is 0.136. The molecular formula is C43H47N3OPt. The van der Waals surface area contributed by atoms with Crippen LogP contribution >= 0.6 is 0 Å². The van der Waals surface area contributed by atoms with Gasteiger partial charge in [-0.25, -0.2) is 21.1 Å². The Hall–Kier alpha value is -3.75. The predicted molar refractivity (Wildman–Crippen MR) is 196 cm³/mol. The summed E-state index contributed by atoms with van der Waals surface area (Å²) in [6.07, 6.45) is 3.75. The molecule has 0 aliphatic heterocycles. The van der Waals surface area contributed by atoms with Gasteiger partial charge in [0.05, 0.1) is 0 Å². The first-order valence-corrected chi connectivity index (χ1v) is 17.1. The molecular weight excluding hydrogens is 770 g/mol. The molecule has 3 aromatic carbocycles. The monoisotopic (exact) mass is 816 g/mol. The number of hydrogen-bond acceptors (Lipinski definition) is 3. The van der Waals surface area contributed by atoms with Gasteiger partial charge in [-0.2, -0.15) is 17.7 Å². The number of pyridine rings is 2. The van der Waals surface area contributed by atoms with E-state index in [1.807, 2.05) is 24.5 Å². The summed E-state index contributed by atoms with van der Waals surface area (Å²) in [6, 6.07) is 29.6. The average Bonchev–Trinajstić information content (AvgIpc) is 3.36. The second-order valence-corrected chi connectivity index (χ2v) is 14.4. The van der Waals surface area contributed by atoms with Gasteiger partial charge in [0.15, 0.2) is 0 Å². The van der Waals surface area contributed by atoms with Crippen molar-refractivity contribution in [2.75, 3.05) is 0 Å². The number of fused-ring (bicyclic) bond motifs is 3. The van der Waals surface area contributed by atoms with Crippen LogP contribution in [0.1, 0.15) is 127 Å². The molecule has 0 fully saturated rings. The Bertz CT molecular complexity index is 2070. The van der Waals surface area contributed by atoms with E-state index in [2.05, 4.69) is 139 Å². The molecule has 0 spiro atoms. The van der Waals surface area contributed by atoms with Gasteiger partial charge in [-0.05, 0) is 75.5 Å². The Morgan fingerprint density at radius 2 is 1.21 bits per heavy atom. The SMILES string of the molecule is CC(C)c1cc(Oc2cc(C(C)C)ccn2)[c-]c(-c2[c-]c3c(cc2C(C)C)c2cc(C(C)C)ccc2n3-c2cc(C(C)C)ccn2)c1.[Pt+2]. The third-order valence-electron chi connectivity index (χ3n) is 9.26. The first-order chi connectivity index (χ1) is 22.4. The van der Waals surface area contributed by atoms with E-state index in [1.54, 1.807) is 0 Å². The smallest absolute Gasteiger partial charge is 0.460 e. The summed E-state index contributed by atoms with van der Waals surface area (Å²) in [7, 11) is 0. The summed E-state index contributed by atoms with van der Waals surface area (Å²) < 4.78 is 8.72. The van der Waals surface area contributed by atoms with E-state index in [0.717, 1.165) is 28.0 Å². The molecule has 5 heteroatoms. The van der Waals surface area contributed by atoms with E-state index in [-0.39, 0.29) is 27.0 Å². The fraction of sp³-hybridized carbons (Fsp3) is 0.349. The number of ether oxygens (including phenoxy) is 1. The zero-order chi connectivity index (χ0) is 33.6. The van der Waals surface area contributed by atoms with Gasteiger partial charge in [0.1, 0.15) is 5.82 Å². The van der Waals surface area contributed by atoms with Crippen molar-refractivity contribution in [1.82, 2.24) is 14.5 Å². The largest absolute Gasteiger partial charge is 2.00 e. The Labute approximate surface area is 301 Å². The molecule has 0 bridgehead atoms. The normalized spacial score (nSPS) is 11.9. The third-order valence-corrected chi connectivity index (χ3v) is 9.26. The number of nitrogens with zero attached hydrogens (tertiary/aromatic N) is 3. The van der Waals surface area contributed by atoms with Crippen molar-refractivity contribution in [1.29, 1.82) is 0 Å². The molecule has 0 saturated carbocycles. The first-order valence-electron chi connectivity index (χ1n) is 17.1. The molecule has 6 rings (SSSR count). The second-order valence-electron chi connectivity index (χ2n) is 14.4. The molecule has 4 nitrogen and oxygen atoms in total. The minimum absolute atomic E-state index is 0.